The van der Waals surface area contributed by atoms with E-state index in [4.69, 9.17) is 11.6 Å². The number of aryl methyl sites for hydroxylation is 1. The van der Waals surface area contributed by atoms with Crippen molar-refractivity contribution in [3.8, 4) is 0 Å². The number of carbonyl (C=O) groups is 2. The first kappa shape index (κ1) is 23.7. The minimum absolute atomic E-state index is 0.171. The Bertz CT molecular complexity index is 1050. The number of anilines is 2. The van der Waals surface area contributed by atoms with E-state index in [0.717, 1.165) is 18.5 Å². The summed E-state index contributed by atoms with van der Waals surface area (Å²) in [6, 6.07) is 12.6. The fourth-order valence-electron chi connectivity index (χ4n) is 3.13. The zero-order chi connectivity index (χ0) is 23.1. The molecule has 7 nitrogen and oxygen atoms in total. The molecule has 0 saturated carbocycles. The van der Waals surface area contributed by atoms with Crippen molar-refractivity contribution in [3.63, 3.8) is 0 Å². The number of nitrogens with zero attached hydrogens (tertiary/aromatic N) is 3. The van der Waals surface area contributed by atoms with Crippen LogP contribution < -0.4 is 15.8 Å². The molecule has 0 spiro atoms. The average molecular weight is 472 g/mol. The molecule has 2 N–H and O–H groups in total. The number of hydrogen-bond acceptors (Lipinski definition) is 6. The van der Waals surface area contributed by atoms with Crippen LogP contribution >= 0.6 is 22.9 Å². The molecule has 0 unspecified atom stereocenters. The van der Waals surface area contributed by atoms with Crippen molar-refractivity contribution in [1.29, 1.82) is 0 Å². The third kappa shape index (κ3) is 6.06. The number of nitrogens with one attached hydrogen (secondary N) is 2. The highest BCUT2D eigenvalue weighted by Gasteiger charge is 2.20. The van der Waals surface area contributed by atoms with Crippen molar-refractivity contribution in [2.45, 2.75) is 13.3 Å². The van der Waals surface area contributed by atoms with Gasteiger partial charge >= 0.3 is 0 Å². The summed E-state index contributed by atoms with van der Waals surface area (Å²) in [6.07, 6.45) is 2.36. The maximum Gasteiger partial charge on any atom is 0.281 e. The molecule has 0 atom stereocenters. The summed E-state index contributed by atoms with van der Waals surface area (Å²) in [6.45, 7) is 3.38. The van der Waals surface area contributed by atoms with Gasteiger partial charge in [0.25, 0.3) is 11.8 Å². The number of para-hydroxylation sites is 1. The van der Waals surface area contributed by atoms with Crippen LogP contribution in [0.4, 0.5) is 11.4 Å². The molecule has 9 heteroatoms. The number of halogens is 1. The Morgan fingerprint density at radius 1 is 1.12 bits per heavy atom. The number of benzene rings is 2. The first-order chi connectivity index (χ1) is 15.4. The normalized spacial score (nSPS) is 10.8. The van der Waals surface area contributed by atoms with E-state index < -0.39 is 0 Å². The highest BCUT2D eigenvalue weighted by atomic mass is 35.5. The lowest BCUT2D eigenvalue weighted by atomic mass is 10.1. The van der Waals surface area contributed by atoms with Crippen LogP contribution in [0.5, 0.6) is 0 Å². The number of aromatic nitrogens is 1. The molecule has 3 aromatic rings. The Hall–Kier alpha value is -2.94. The Kier molecular flexibility index (Phi) is 8.21. The quantitative estimate of drug-likeness (QED) is 0.360. The molecule has 32 heavy (non-hydrogen) atoms. The summed E-state index contributed by atoms with van der Waals surface area (Å²) in [4.78, 5) is 32.0. The molecule has 168 valence electrons. The van der Waals surface area contributed by atoms with Gasteiger partial charge in [0.2, 0.25) is 0 Å². The lowest BCUT2D eigenvalue weighted by Gasteiger charge is -2.28. The Morgan fingerprint density at radius 3 is 2.59 bits per heavy atom. The number of hydrazine groups is 1. The summed E-state index contributed by atoms with van der Waals surface area (Å²) in [5.74, 6) is -0.486. The molecule has 1 heterocycles. The average Bonchev–Trinajstić information content (AvgIpc) is 3.31. The molecule has 0 bridgehead atoms. The number of hydrogen-bond donors (Lipinski definition) is 2. The van der Waals surface area contributed by atoms with Gasteiger partial charge in [-0.05, 0) is 63.8 Å². The summed E-state index contributed by atoms with van der Waals surface area (Å²) in [5.41, 5.74) is 7.12. The van der Waals surface area contributed by atoms with Gasteiger partial charge in [0, 0.05) is 12.1 Å². The standard InChI is InChI=1S/C23H26ClN5O2S/c1-16-7-4-10-19(24)21(16)29(27-23(31)20-14-25-15-32-20)18-9-5-8-17(13-18)22(30)26-11-6-12-28(2)3/h4-5,7-10,13-15H,6,11-12H2,1-3H3,(H,26,30)(H,27,31). The first-order valence-electron chi connectivity index (χ1n) is 10.1. The van der Waals surface area contributed by atoms with E-state index in [0.29, 0.717) is 33.4 Å². The summed E-state index contributed by atoms with van der Waals surface area (Å²) >= 11 is 7.75. The maximum atomic E-state index is 12.8. The summed E-state index contributed by atoms with van der Waals surface area (Å²) in [5, 5.41) is 5.04. The summed E-state index contributed by atoms with van der Waals surface area (Å²) in [7, 11) is 3.99. The molecule has 0 aliphatic heterocycles. The van der Waals surface area contributed by atoms with Crippen molar-refractivity contribution in [2.75, 3.05) is 32.2 Å². The summed E-state index contributed by atoms with van der Waals surface area (Å²) < 4.78 is 0. The van der Waals surface area contributed by atoms with E-state index >= 15 is 0 Å². The lowest BCUT2D eigenvalue weighted by Crippen LogP contribution is -2.39. The van der Waals surface area contributed by atoms with Gasteiger partial charge in [0.15, 0.2) is 0 Å². The van der Waals surface area contributed by atoms with E-state index in [1.807, 2.05) is 39.2 Å². The highest BCUT2D eigenvalue weighted by molar-refractivity contribution is 7.11. The Balaban J connectivity index is 1.89. The van der Waals surface area contributed by atoms with Crippen LogP contribution in [0.1, 0.15) is 32.0 Å². The van der Waals surface area contributed by atoms with E-state index in [2.05, 4.69) is 20.6 Å². The van der Waals surface area contributed by atoms with Gasteiger partial charge < -0.3 is 10.2 Å². The van der Waals surface area contributed by atoms with E-state index in [1.54, 1.807) is 34.8 Å². The Labute approximate surface area is 197 Å². The van der Waals surface area contributed by atoms with Gasteiger partial charge in [-0.3, -0.25) is 25.0 Å². The second-order valence-corrected chi connectivity index (χ2v) is 8.80. The second kappa shape index (κ2) is 11.1. The zero-order valence-corrected chi connectivity index (χ0v) is 19.8. The minimum atomic E-state index is -0.314. The smallest absolute Gasteiger partial charge is 0.281 e. The number of thiazole rings is 1. The largest absolute Gasteiger partial charge is 0.352 e. The van der Waals surface area contributed by atoms with Crippen molar-refractivity contribution in [2.24, 2.45) is 0 Å². The van der Waals surface area contributed by atoms with Gasteiger partial charge in [-0.2, -0.15) is 0 Å². The van der Waals surface area contributed by atoms with Crippen molar-refractivity contribution >= 4 is 46.1 Å². The third-order valence-electron chi connectivity index (χ3n) is 4.72. The van der Waals surface area contributed by atoms with Gasteiger partial charge in [0.1, 0.15) is 4.88 Å². The molecule has 0 aliphatic rings. The van der Waals surface area contributed by atoms with E-state index in [-0.39, 0.29) is 11.8 Å². The van der Waals surface area contributed by atoms with Crippen LogP contribution in [0.15, 0.2) is 54.2 Å². The van der Waals surface area contributed by atoms with Gasteiger partial charge in [0.05, 0.1) is 28.1 Å². The predicted octanol–water partition coefficient (Wildman–Crippen LogP) is 4.27. The molecule has 2 aromatic carbocycles. The molecule has 0 fully saturated rings. The first-order valence-corrected chi connectivity index (χ1v) is 11.4. The second-order valence-electron chi connectivity index (χ2n) is 7.51. The van der Waals surface area contributed by atoms with Crippen molar-refractivity contribution < 1.29 is 9.59 Å². The fourth-order valence-corrected chi connectivity index (χ4v) is 3.94. The van der Waals surface area contributed by atoms with Gasteiger partial charge in [-0.1, -0.05) is 29.8 Å². The third-order valence-corrected chi connectivity index (χ3v) is 5.79. The van der Waals surface area contributed by atoms with Gasteiger partial charge in [-0.15, -0.1) is 11.3 Å². The SMILES string of the molecule is Cc1cccc(Cl)c1N(NC(=O)c1cncs1)c1cccc(C(=O)NCCCN(C)C)c1. The Morgan fingerprint density at radius 2 is 1.91 bits per heavy atom. The number of amides is 2. The zero-order valence-electron chi connectivity index (χ0n) is 18.3. The highest BCUT2D eigenvalue weighted by Crippen LogP contribution is 2.34. The minimum Gasteiger partial charge on any atom is -0.352 e. The number of rotatable bonds is 9. The van der Waals surface area contributed by atoms with Crippen LogP contribution in [-0.2, 0) is 0 Å². The molecule has 3 rings (SSSR count). The maximum absolute atomic E-state index is 12.8. The monoisotopic (exact) mass is 471 g/mol. The van der Waals surface area contributed by atoms with Gasteiger partial charge in [-0.25, -0.2) is 0 Å². The molecule has 1 aromatic heterocycles. The molecule has 0 saturated heterocycles. The van der Waals surface area contributed by atoms with E-state index in [9.17, 15) is 9.59 Å². The lowest BCUT2D eigenvalue weighted by molar-refractivity contribution is 0.0948. The molecule has 2 amide bonds. The predicted molar refractivity (Wildman–Crippen MR) is 130 cm³/mol. The van der Waals surface area contributed by atoms with Crippen LogP contribution in [-0.4, -0.2) is 48.9 Å². The number of carbonyl (C=O) groups excluding carboxylic acids is 2. The van der Waals surface area contributed by atoms with Crippen LogP contribution in [0.3, 0.4) is 0 Å². The van der Waals surface area contributed by atoms with E-state index in [1.165, 1.54) is 17.5 Å². The van der Waals surface area contributed by atoms with Crippen LogP contribution in [0, 0.1) is 6.92 Å². The fraction of sp³-hybridized carbons (Fsp3) is 0.261. The van der Waals surface area contributed by atoms with Crippen LogP contribution in [0.2, 0.25) is 5.02 Å². The molecular formula is C23H26ClN5O2S. The molecular weight excluding hydrogens is 446 g/mol. The molecule has 0 radical (unpaired) electrons. The molecule has 0 aliphatic carbocycles. The van der Waals surface area contributed by atoms with Crippen LogP contribution in [0.25, 0.3) is 0 Å². The van der Waals surface area contributed by atoms with Crippen molar-refractivity contribution in [3.05, 3.63) is 75.2 Å². The topological polar surface area (TPSA) is 77.6 Å². The van der Waals surface area contributed by atoms with Crippen molar-refractivity contribution in [1.82, 2.24) is 20.6 Å².